The molecule has 8 heteroatoms. The summed E-state index contributed by atoms with van der Waals surface area (Å²) < 4.78 is 19.5. The summed E-state index contributed by atoms with van der Waals surface area (Å²) in [7, 11) is 7.30. The number of hydrogen-bond donors (Lipinski definition) is 0. The van der Waals surface area contributed by atoms with Crippen LogP contribution in [0.2, 0.25) is 0 Å². The van der Waals surface area contributed by atoms with Crippen LogP contribution in [0.3, 0.4) is 0 Å². The quantitative estimate of drug-likeness (QED) is 0.157. The number of hydrogen-bond acceptors (Lipinski definition) is 6. The Kier molecular flexibility index (Phi) is 10.1. The minimum atomic E-state index is -0.330. The zero-order valence-corrected chi connectivity index (χ0v) is 25.8. The summed E-state index contributed by atoms with van der Waals surface area (Å²) in [6.07, 6.45) is 4.05. The SMILES string of the molecule is COc1cc(OC)cc(C(CC(=O)N(CCN(C)C)Cc2ccccc2)c2cnc3c(OCc4ccccc4)cccn23)c1. The molecule has 2 aromatic heterocycles. The molecule has 0 spiro atoms. The molecule has 0 saturated heterocycles. The normalized spacial score (nSPS) is 11.8. The van der Waals surface area contributed by atoms with Crippen molar-refractivity contribution in [3.63, 3.8) is 0 Å². The Hall–Kier alpha value is -4.82. The predicted molar refractivity (Wildman–Crippen MR) is 172 cm³/mol. The molecule has 5 aromatic rings. The van der Waals surface area contributed by atoms with Gasteiger partial charge in [0.05, 0.1) is 19.9 Å². The van der Waals surface area contributed by atoms with Crippen molar-refractivity contribution in [2.45, 2.75) is 25.5 Å². The maximum absolute atomic E-state index is 14.2. The van der Waals surface area contributed by atoms with Crippen LogP contribution in [0.5, 0.6) is 17.2 Å². The van der Waals surface area contributed by atoms with Gasteiger partial charge in [-0.2, -0.15) is 0 Å². The average Bonchev–Trinajstić information content (AvgIpc) is 3.49. The van der Waals surface area contributed by atoms with Crippen LogP contribution in [-0.4, -0.2) is 66.5 Å². The highest BCUT2D eigenvalue weighted by molar-refractivity contribution is 5.78. The molecule has 1 amide bonds. The molecule has 8 nitrogen and oxygen atoms in total. The molecule has 5 rings (SSSR count). The number of amides is 1. The fourth-order valence-corrected chi connectivity index (χ4v) is 5.25. The largest absolute Gasteiger partial charge is 0.497 e. The van der Waals surface area contributed by atoms with Crippen molar-refractivity contribution in [3.05, 3.63) is 126 Å². The predicted octanol–water partition coefficient (Wildman–Crippen LogP) is 6.04. The second kappa shape index (κ2) is 14.6. The second-order valence-electron chi connectivity index (χ2n) is 11.0. The first kappa shape index (κ1) is 30.6. The number of imidazole rings is 1. The first-order valence-electron chi connectivity index (χ1n) is 14.8. The number of likely N-dealkylation sites (N-methyl/N-ethyl adjacent to an activating group) is 1. The van der Waals surface area contributed by atoms with Gasteiger partial charge in [0.2, 0.25) is 5.91 Å². The van der Waals surface area contributed by atoms with Crippen molar-refractivity contribution in [1.82, 2.24) is 19.2 Å². The zero-order chi connectivity index (χ0) is 30.9. The van der Waals surface area contributed by atoms with Gasteiger partial charge in [-0.3, -0.25) is 4.79 Å². The molecule has 0 bridgehead atoms. The average molecular weight is 593 g/mol. The van der Waals surface area contributed by atoms with E-state index in [4.69, 9.17) is 19.2 Å². The molecule has 2 heterocycles. The van der Waals surface area contributed by atoms with Gasteiger partial charge in [-0.1, -0.05) is 60.7 Å². The molecular weight excluding hydrogens is 552 g/mol. The lowest BCUT2D eigenvalue weighted by Gasteiger charge is -2.27. The maximum atomic E-state index is 14.2. The van der Waals surface area contributed by atoms with Gasteiger partial charge in [-0.15, -0.1) is 0 Å². The monoisotopic (exact) mass is 592 g/mol. The van der Waals surface area contributed by atoms with Crippen LogP contribution in [0, 0.1) is 0 Å². The Morgan fingerprint density at radius 1 is 0.841 bits per heavy atom. The molecule has 3 aromatic carbocycles. The molecule has 1 atom stereocenters. The van der Waals surface area contributed by atoms with Gasteiger partial charge < -0.3 is 28.4 Å². The van der Waals surface area contributed by atoms with Gasteiger partial charge in [0.1, 0.15) is 18.1 Å². The number of benzene rings is 3. The Morgan fingerprint density at radius 3 is 2.14 bits per heavy atom. The number of carbonyl (C=O) groups is 1. The number of nitrogens with zero attached hydrogens (tertiary/aromatic N) is 4. The third-order valence-electron chi connectivity index (χ3n) is 7.66. The highest BCUT2D eigenvalue weighted by atomic mass is 16.5. The highest BCUT2D eigenvalue weighted by Crippen LogP contribution is 2.36. The standard InChI is InChI=1S/C36H40N4O4/c1-38(2)18-19-39(25-27-12-7-5-8-13-27)35(41)23-32(29-20-30(42-3)22-31(21-29)43-4)33-24-37-36-34(16-11-17-40(33)36)44-26-28-14-9-6-10-15-28/h5-17,20-22,24,32H,18-19,23,25-26H2,1-4H3. The number of fused-ring (bicyclic) bond motifs is 1. The summed E-state index contributed by atoms with van der Waals surface area (Å²) in [4.78, 5) is 23.0. The van der Waals surface area contributed by atoms with Crippen LogP contribution < -0.4 is 14.2 Å². The van der Waals surface area contributed by atoms with Crippen molar-refractivity contribution in [1.29, 1.82) is 0 Å². The van der Waals surface area contributed by atoms with E-state index >= 15 is 0 Å². The van der Waals surface area contributed by atoms with Crippen molar-refractivity contribution in [3.8, 4) is 17.2 Å². The van der Waals surface area contributed by atoms with E-state index in [1.807, 2.05) is 115 Å². The van der Waals surface area contributed by atoms with Crippen molar-refractivity contribution in [2.75, 3.05) is 41.4 Å². The third kappa shape index (κ3) is 7.57. The van der Waals surface area contributed by atoms with Crippen LogP contribution in [0.1, 0.15) is 34.7 Å². The minimum Gasteiger partial charge on any atom is -0.497 e. The molecule has 0 saturated carbocycles. The molecule has 0 aliphatic carbocycles. The van der Waals surface area contributed by atoms with E-state index in [-0.39, 0.29) is 18.2 Å². The lowest BCUT2D eigenvalue weighted by molar-refractivity contribution is -0.132. The summed E-state index contributed by atoms with van der Waals surface area (Å²) in [5.41, 5.74) is 4.64. The van der Waals surface area contributed by atoms with Crippen LogP contribution in [0.25, 0.3) is 5.65 Å². The molecule has 1 unspecified atom stereocenters. The van der Waals surface area contributed by atoms with E-state index in [2.05, 4.69) is 17.0 Å². The van der Waals surface area contributed by atoms with Crippen LogP contribution >= 0.6 is 0 Å². The zero-order valence-electron chi connectivity index (χ0n) is 25.8. The Bertz CT molecular complexity index is 1630. The lowest BCUT2D eigenvalue weighted by atomic mass is 9.91. The number of aromatic nitrogens is 2. The van der Waals surface area contributed by atoms with E-state index in [9.17, 15) is 4.79 Å². The van der Waals surface area contributed by atoms with Crippen molar-refractivity contribution >= 4 is 11.6 Å². The molecular formula is C36H40N4O4. The van der Waals surface area contributed by atoms with E-state index < -0.39 is 0 Å². The van der Waals surface area contributed by atoms with Gasteiger partial charge in [-0.25, -0.2) is 4.98 Å². The van der Waals surface area contributed by atoms with E-state index in [1.54, 1.807) is 14.2 Å². The van der Waals surface area contributed by atoms with Gasteiger partial charge in [0, 0.05) is 50.4 Å². The summed E-state index contributed by atoms with van der Waals surface area (Å²) in [5.74, 6) is 1.71. The Balaban J connectivity index is 1.52. The van der Waals surface area contributed by atoms with Gasteiger partial charge in [0.15, 0.2) is 11.4 Å². The van der Waals surface area contributed by atoms with Crippen LogP contribution in [0.15, 0.2) is 103 Å². The van der Waals surface area contributed by atoms with E-state index in [1.165, 1.54) is 0 Å². The van der Waals surface area contributed by atoms with Crippen LogP contribution in [0.4, 0.5) is 0 Å². The van der Waals surface area contributed by atoms with Crippen molar-refractivity contribution < 1.29 is 19.0 Å². The molecule has 0 radical (unpaired) electrons. The Labute approximate surface area is 259 Å². The third-order valence-corrected chi connectivity index (χ3v) is 7.66. The second-order valence-corrected chi connectivity index (χ2v) is 11.0. The Morgan fingerprint density at radius 2 is 1.50 bits per heavy atom. The highest BCUT2D eigenvalue weighted by Gasteiger charge is 2.27. The minimum absolute atomic E-state index is 0.0499. The topological polar surface area (TPSA) is 68.5 Å². The summed E-state index contributed by atoms with van der Waals surface area (Å²) >= 11 is 0. The molecule has 0 aliphatic heterocycles. The first-order chi connectivity index (χ1) is 21.4. The molecule has 0 N–H and O–H groups in total. The number of carbonyl (C=O) groups excluding carboxylic acids is 1. The summed E-state index contributed by atoms with van der Waals surface area (Å²) in [6.45, 7) is 2.33. The lowest BCUT2D eigenvalue weighted by Crippen LogP contribution is -2.37. The van der Waals surface area contributed by atoms with Gasteiger partial charge in [-0.05, 0) is 55.1 Å². The summed E-state index contributed by atoms with van der Waals surface area (Å²) in [5, 5.41) is 0. The molecule has 44 heavy (non-hydrogen) atoms. The molecule has 0 fully saturated rings. The number of rotatable bonds is 14. The molecule has 228 valence electrons. The fraction of sp³-hybridized carbons (Fsp3) is 0.278. The van der Waals surface area contributed by atoms with E-state index in [0.717, 1.165) is 28.9 Å². The maximum Gasteiger partial charge on any atom is 0.223 e. The molecule has 0 aliphatic rings. The van der Waals surface area contributed by atoms with Crippen molar-refractivity contribution in [2.24, 2.45) is 0 Å². The number of pyridine rings is 1. The van der Waals surface area contributed by atoms with Crippen LogP contribution in [-0.2, 0) is 17.9 Å². The number of ether oxygens (including phenoxy) is 3. The fourth-order valence-electron chi connectivity index (χ4n) is 5.25. The first-order valence-corrected chi connectivity index (χ1v) is 14.8. The number of methoxy groups -OCH3 is 2. The summed E-state index contributed by atoms with van der Waals surface area (Å²) in [6, 6.07) is 29.8. The van der Waals surface area contributed by atoms with Gasteiger partial charge >= 0.3 is 0 Å². The smallest absolute Gasteiger partial charge is 0.223 e. The van der Waals surface area contributed by atoms with Gasteiger partial charge in [0.25, 0.3) is 0 Å². The van der Waals surface area contributed by atoms with E-state index in [0.29, 0.717) is 42.6 Å².